The van der Waals surface area contributed by atoms with Crippen molar-refractivity contribution in [2.24, 2.45) is 0 Å². The van der Waals surface area contributed by atoms with Gasteiger partial charge in [0.1, 0.15) is 4.88 Å². The minimum Gasteiger partial charge on any atom is -0.465 e. The summed E-state index contributed by atoms with van der Waals surface area (Å²) in [6.07, 6.45) is 4.22. The summed E-state index contributed by atoms with van der Waals surface area (Å²) in [5.74, 6) is 0.642. The molecule has 3 rings (SSSR count). The van der Waals surface area contributed by atoms with Gasteiger partial charge < -0.3 is 20.3 Å². The van der Waals surface area contributed by atoms with Gasteiger partial charge in [-0.3, -0.25) is 0 Å². The van der Waals surface area contributed by atoms with Crippen LogP contribution in [-0.4, -0.2) is 29.8 Å². The van der Waals surface area contributed by atoms with Gasteiger partial charge in [0.05, 0.1) is 17.8 Å². The van der Waals surface area contributed by atoms with Crippen molar-refractivity contribution in [3.05, 3.63) is 22.7 Å². The summed E-state index contributed by atoms with van der Waals surface area (Å²) in [4.78, 5) is 16.2. The van der Waals surface area contributed by atoms with Crippen LogP contribution >= 0.6 is 11.3 Å². The summed E-state index contributed by atoms with van der Waals surface area (Å²) in [7, 11) is 1.36. The first-order chi connectivity index (χ1) is 10.2. The van der Waals surface area contributed by atoms with E-state index in [1.807, 2.05) is 0 Å². The number of hydrogen-bond donors (Lipinski definition) is 2. The minimum atomic E-state index is -0.385. The number of nitrogen functional groups attached to an aromatic ring is 1. The number of carbonyl (C=O) groups is 1. The largest absolute Gasteiger partial charge is 0.465 e. The predicted molar refractivity (Wildman–Crippen MR) is 78.5 cm³/mol. The number of ether oxygens (including phenoxy) is 1. The number of aromatic nitrogens is 2. The molecule has 1 saturated carbocycles. The molecule has 2 aromatic heterocycles. The molecule has 112 valence electrons. The quantitative estimate of drug-likeness (QED) is 0.787. The molecular formula is C13H16N4O3S. The zero-order valence-corrected chi connectivity index (χ0v) is 12.4. The molecule has 0 aromatic carbocycles. The van der Waals surface area contributed by atoms with Crippen molar-refractivity contribution in [3.8, 4) is 0 Å². The average Bonchev–Trinajstić information content (AvgIpc) is 3.07. The van der Waals surface area contributed by atoms with Crippen molar-refractivity contribution in [1.29, 1.82) is 0 Å². The summed E-state index contributed by atoms with van der Waals surface area (Å²) in [6.45, 7) is 0.641. The Hall–Kier alpha value is -2.09. The number of thiophene rings is 1. The maximum absolute atomic E-state index is 11.8. The Bertz CT molecular complexity index is 634. The molecule has 1 aliphatic carbocycles. The third kappa shape index (κ3) is 2.85. The molecule has 0 bridgehead atoms. The van der Waals surface area contributed by atoms with Gasteiger partial charge in [0, 0.05) is 18.5 Å². The Balaban J connectivity index is 1.75. The molecule has 3 N–H and O–H groups in total. The number of hydrogen-bond acceptors (Lipinski definition) is 8. The van der Waals surface area contributed by atoms with Crippen molar-refractivity contribution in [2.45, 2.75) is 25.2 Å². The zero-order valence-electron chi connectivity index (χ0n) is 11.6. The van der Waals surface area contributed by atoms with Crippen LogP contribution in [0.3, 0.4) is 0 Å². The first-order valence-electron chi connectivity index (χ1n) is 6.70. The highest BCUT2D eigenvalue weighted by Gasteiger charge is 2.33. The number of rotatable bonds is 6. The highest BCUT2D eigenvalue weighted by Crippen LogP contribution is 2.50. The molecule has 0 radical (unpaired) electrons. The second-order valence-electron chi connectivity index (χ2n) is 4.87. The lowest BCUT2D eigenvalue weighted by Gasteiger charge is -2.05. The second-order valence-corrected chi connectivity index (χ2v) is 5.89. The van der Waals surface area contributed by atoms with Crippen LogP contribution in [0.1, 0.15) is 39.9 Å². The first-order valence-corrected chi connectivity index (χ1v) is 7.52. The van der Waals surface area contributed by atoms with Gasteiger partial charge in [-0.25, -0.2) is 4.79 Å². The number of methoxy groups -OCH3 is 1. The van der Waals surface area contributed by atoms with E-state index in [1.54, 1.807) is 0 Å². The highest BCUT2D eigenvalue weighted by atomic mass is 32.1. The van der Waals surface area contributed by atoms with Gasteiger partial charge in [0.25, 0.3) is 0 Å². The van der Waals surface area contributed by atoms with Gasteiger partial charge in [-0.1, -0.05) is 5.16 Å². The van der Waals surface area contributed by atoms with E-state index in [-0.39, 0.29) is 5.97 Å². The van der Waals surface area contributed by atoms with Crippen molar-refractivity contribution in [3.63, 3.8) is 0 Å². The van der Waals surface area contributed by atoms with Crippen LogP contribution < -0.4 is 11.1 Å². The van der Waals surface area contributed by atoms with Crippen molar-refractivity contribution < 1.29 is 14.1 Å². The molecule has 0 atom stereocenters. The molecule has 0 spiro atoms. The van der Waals surface area contributed by atoms with Crippen molar-refractivity contribution in [1.82, 2.24) is 10.1 Å². The lowest BCUT2D eigenvalue weighted by Crippen LogP contribution is -2.05. The number of anilines is 2. The molecule has 0 amide bonds. The summed E-state index contributed by atoms with van der Waals surface area (Å²) >= 11 is 1.35. The first kappa shape index (κ1) is 13.9. The van der Waals surface area contributed by atoms with Gasteiger partial charge in [-0.2, -0.15) is 4.98 Å². The van der Waals surface area contributed by atoms with Gasteiger partial charge >= 0.3 is 5.97 Å². The maximum Gasteiger partial charge on any atom is 0.350 e. The standard InChI is InChI=1S/C13H16N4O3S/c1-19-13(18)11-10(14)9(7-2-3-7)12(21-11)15-5-4-8-16-6-17-20-8/h6-7,15H,2-5,14H2,1H3. The topological polar surface area (TPSA) is 103 Å². The summed E-state index contributed by atoms with van der Waals surface area (Å²) in [6, 6.07) is 0. The molecule has 0 aliphatic heterocycles. The van der Waals surface area contributed by atoms with Crippen LogP contribution in [-0.2, 0) is 11.2 Å². The van der Waals surface area contributed by atoms with E-state index in [0.29, 0.717) is 35.3 Å². The summed E-state index contributed by atoms with van der Waals surface area (Å²) in [5, 5.41) is 7.82. The van der Waals surface area contributed by atoms with Crippen LogP contribution in [0.15, 0.2) is 10.9 Å². The molecule has 0 unspecified atom stereocenters. The SMILES string of the molecule is COC(=O)c1sc(NCCc2ncno2)c(C2CC2)c1N. The van der Waals surface area contributed by atoms with Crippen LogP contribution in [0.5, 0.6) is 0 Å². The van der Waals surface area contributed by atoms with E-state index < -0.39 is 0 Å². The van der Waals surface area contributed by atoms with Crippen LogP contribution in [0, 0.1) is 0 Å². The zero-order chi connectivity index (χ0) is 14.8. The third-order valence-electron chi connectivity index (χ3n) is 3.37. The van der Waals surface area contributed by atoms with Crippen molar-refractivity contribution in [2.75, 3.05) is 24.7 Å². The van der Waals surface area contributed by atoms with E-state index in [1.165, 1.54) is 24.8 Å². The third-order valence-corrected chi connectivity index (χ3v) is 4.53. The monoisotopic (exact) mass is 308 g/mol. The summed E-state index contributed by atoms with van der Waals surface area (Å²) < 4.78 is 9.73. The van der Waals surface area contributed by atoms with Gasteiger partial charge in [0.15, 0.2) is 6.33 Å². The Morgan fingerprint density at radius 3 is 3.05 bits per heavy atom. The number of nitrogens with two attached hydrogens (primary N) is 1. The van der Waals surface area contributed by atoms with E-state index in [0.717, 1.165) is 23.4 Å². The van der Waals surface area contributed by atoms with Gasteiger partial charge in [-0.05, 0) is 18.8 Å². The second kappa shape index (κ2) is 5.72. The molecular weight excluding hydrogens is 292 g/mol. The number of carbonyl (C=O) groups excluding carboxylic acids is 1. The number of nitrogens with zero attached hydrogens (tertiary/aromatic N) is 2. The number of esters is 1. The Kier molecular flexibility index (Phi) is 3.78. The highest BCUT2D eigenvalue weighted by molar-refractivity contribution is 7.18. The fraction of sp³-hybridized carbons (Fsp3) is 0.462. The Labute approximate surface area is 125 Å². The smallest absolute Gasteiger partial charge is 0.350 e. The van der Waals surface area contributed by atoms with E-state index in [4.69, 9.17) is 15.0 Å². The van der Waals surface area contributed by atoms with Crippen molar-refractivity contribution >= 4 is 28.0 Å². The van der Waals surface area contributed by atoms with E-state index in [9.17, 15) is 4.79 Å². The van der Waals surface area contributed by atoms with Crippen LogP contribution in [0.25, 0.3) is 0 Å². The van der Waals surface area contributed by atoms with Crippen LogP contribution in [0.2, 0.25) is 0 Å². The summed E-state index contributed by atoms with van der Waals surface area (Å²) in [5.41, 5.74) is 7.71. The van der Waals surface area contributed by atoms with Gasteiger partial charge in [0.2, 0.25) is 5.89 Å². The van der Waals surface area contributed by atoms with E-state index in [2.05, 4.69) is 15.5 Å². The molecule has 2 aromatic rings. The normalized spacial score (nSPS) is 14.1. The fourth-order valence-electron chi connectivity index (χ4n) is 2.20. The molecule has 0 saturated heterocycles. The average molecular weight is 308 g/mol. The molecule has 2 heterocycles. The fourth-order valence-corrected chi connectivity index (χ4v) is 3.35. The molecule has 1 fully saturated rings. The molecule has 8 heteroatoms. The molecule has 1 aliphatic rings. The van der Waals surface area contributed by atoms with Crippen LogP contribution in [0.4, 0.5) is 10.7 Å². The Morgan fingerprint density at radius 2 is 2.43 bits per heavy atom. The Morgan fingerprint density at radius 1 is 1.62 bits per heavy atom. The molecule has 21 heavy (non-hydrogen) atoms. The molecule has 7 nitrogen and oxygen atoms in total. The number of nitrogens with one attached hydrogen (secondary N) is 1. The van der Waals surface area contributed by atoms with E-state index >= 15 is 0 Å². The predicted octanol–water partition coefficient (Wildman–Crippen LogP) is 2.03. The maximum atomic E-state index is 11.8. The lowest BCUT2D eigenvalue weighted by atomic mass is 10.1. The lowest BCUT2D eigenvalue weighted by molar-refractivity contribution is 0.0607. The minimum absolute atomic E-state index is 0.385. The van der Waals surface area contributed by atoms with Gasteiger partial charge in [-0.15, -0.1) is 11.3 Å².